The molecule has 2 rings (SSSR count). The lowest BCUT2D eigenvalue weighted by Gasteiger charge is -2.08. The first-order valence-corrected chi connectivity index (χ1v) is 6.89. The number of aromatic nitrogens is 1. The number of anilines is 1. The van der Waals surface area contributed by atoms with Crippen molar-refractivity contribution in [3.63, 3.8) is 0 Å². The molecule has 5 heteroatoms. The largest absolute Gasteiger partial charge is 0.494 e. The predicted octanol–water partition coefficient (Wildman–Crippen LogP) is 2.98. The molecule has 1 heterocycles. The van der Waals surface area contributed by atoms with Gasteiger partial charge < -0.3 is 15.4 Å². The van der Waals surface area contributed by atoms with Gasteiger partial charge in [-0.05, 0) is 37.6 Å². The third-order valence-corrected chi connectivity index (χ3v) is 2.79. The fraction of sp³-hybridized carbons (Fsp3) is 0.250. The lowest BCUT2D eigenvalue weighted by atomic mass is 10.3. The molecule has 0 fully saturated rings. The summed E-state index contributed by atoms with van der Waals surface area (Å²) in [5, 5.41) is 5.50. The van der Waals surface area contributed by atoms with Crippen LogP contribution >= 0.6 is 0 Å². The van der Waals surface area contributed by atoms with Crippen LogP contribution in [0.1, 0.15) is 12.1 Å². The number of urea groups is 1. The van der Waals surface area contributed by atoms with Gasteiger partial charge in [0.2, 0.25) is 0 Å². The maximum absolute atomic E-state index is 11.6. The standard InChI is InChI=1S/C16H19N3O2/c1-13-8-9-14(12-18-13)19-16(20)17-10-5-11-21-15-6-3-2-4-7-15/h2-4,6-9,12H,5,10-11H2,1H3,(H2,17,19,20). The van der Waals surface area contributed by atoms with Gasteiger partial charge in [-0.2, -0.15) is 0 Å². The summed E-state index contributed by atoms with van der Waals surface area (Å²) in [4.78, 5) is 15.8. The Morgan fingerprint density at radius 2 is 2.00 bits per heavy atom. The first-order chi connectivity index (χ1) is 10.2. The number of nitrogens with one attached hydrogen (secondary N) is 2. The van der Waals surface area contributed by atoms with Gasteiger partial charge in [0, 0.05) is 12.2 Å². The number of amides is 2. The van der Waals surface area contributed by atoms with E-state index in [0.29, 0.717) is 18.8 Å². The summed E-state index contributed by atoms with van der Waals surface area (Å²) >= 11 is 0. The molecule has 0 aliphatic carbocycles. The van der Waals surface area contributed by atoms with Crippen LogP contribution in [-0.4, -0.2) is 24.2 Å². The molecule has 21 heavy (non-hydrogen) atoms. The quantitative estimate of drug-likeness (QED) is 0.802. The number of aryl methyl sites for hydroxylation is 1. The Kier molecular flexibility index (Phi) is 5.58. The van der Waals surface area contributed by atoms with E-state index in [1.54, 1.807) is 6.20 Å². The molecule has 0 saturated heterocycles. The molecule has 0 radical (unpaired) electrons. The van der Waals surface area contributed by atoms with E-state index in [4.69, 9.17) is 4.74 Å². The Labute approximate surface area is 124 Å². The predicted molar refractivity (Wildman–Crippen MR) is 82.5 cm³/mol. The third kappa shape index (κ3) is 5.52. The maximum Gasteiger partial charge on any atom is 0.319 e. The first kappa shape index (κ1) is 14.8. The van der Waals surface area contributed by atoms with Crippen LogP contribution in [0.4, 0.5) is 10.5 Å². The second kappa shape index (κ2) is 7.89. The molecule has 0 spiro atoms. The molecule has 0 unspecified atom stereocenters. The highest BCUT2D eigenvalue weighted by atomic mass is 16.5. The lowest BCUT2D eigenvalue weighted by Crippen LogP contribution is -2.30. The zero-order valence-electron chi connectivity index (χ0n) is 12.0. The summed E-state index contributed by atoms with van der Waals surface area (Å²) in [5.74, 6) is 0.840. The Hall–Kier alpha value is -2.56. The second-order valence-electron chi connectivity index (χ2n) is 4.58. The number of rotatable bonds is 6. The zero-order chi connectivity index (χ0) is 14.9. The Bertz CT molecular complexity index is 555. The highest BCUT2D eigenvalue weighted by Gasteiger charge is 2.01. The molecule has 1 aromatic carbocycles. The average molecular weight is 285 g/mol. The van der Waals surface area contributed by atoms with Crippen molar-refractivity contribution in [1.82, 2.24) is 10.3 Å². The normalized spacial score (nSPS) is 9.95. The Balaban J connectivity index is 1.60. The number of benzene rings is 1. The van der Waals surface area contributed by atoms with E-state index < -0.39 is 0 Å². The molecule has 110 valence electrons. The third-order valence-electron chi connectivity index (χ3n) is 2.79. The van der Waals surface area contributed by atoms with E-state index in [1.165, 1.54) is 0 Å². The summed E-state index contributed by atoms with van der Waals surface area (Å²) in [7, 11) is 0. The van der Waals surface area contributed by atoms with Gasteiger partial charge in [0.1, 0.15) is 5.75 Å². The number of nitrogens with zero attached hydrogens (tertiary/aromatic N) is 1. The summed E-state index contributed by atoms with van der Waals surface area (Å²) in [5.41, 5.74) is 1.60. The van der Waals surface area contributed by atoms with E-state index in [2.05, 4.69) is 15.6 Å². The van der Waals surface area contributed by atoms with E-state index >= 15 is 0 Å². The second-order valence-corrected chi connectivity index (χ2v) is 4.58. The van der Waals surface area contributed by atoms with Crippen LogP contribution in [0.25, 0.3) is 0 Å². The number of hydrogen-bond acceptors (Lipinski definition) is 3. The summed E-state index contributed by atoms with van der Waals surface area (Å²) in [6, 6.07) is 13.0. The van der Waals surface area contributed by atoms with Crippen molar-refractivity contribution in [2.75, 3.05) is 18.5 Å². The van der Waals surface area contributed by atoms with Crippen LogP contribution in [0.5, 0.6) is 5.75 Å². The van der Waals surface area contributed by atoms with E-state index in [0.717, 1.165) is 17.9 Å². The van der Waals surface area contributed by atoms with Gasteiger partial charge in [-0.15, -0.1) is 0 Å². The van der Waals surface area contributed by atoms with E-state index in [-0.39, 0.29) is 6.03 Å². The summed E-state index contributed by atoms with van der Waals surface area (Å²) in [6.45, 7) is 3.02. The van der Waals surface area contributed by atoms with Crippen molar-refractivity contribution >= 4 is 11.7 Å². The fourth-order valence-corrected chi connectivity index (χ4v) is 1.70. The summed E-state index contributed by atoms with van der Waals surface area (Å²) < 4.78 is 5.54. The molecule has 0 atom stereocenters. The minimum Gasteiger partial charge on any atom is -0.494 e. The van der Waals surface area contributed by atoms with Gasteiger partial charge >= 0.3 is 6.03 Å². The van der Waals surface area contributed by atoms with Gasteiger partial charge in [0.15, 0.2) is 0 Å². The Morgan fingerprint density at radius 3 is 2.71 bits per heavy atom. The molecule has 0 aliphatic rings. The number of hydrogen-bond donors (Lipinski definition) is 2. The van der Waals surface area contributed by atoms with E-state index in [9.17, 15) is 4.79 Å². The number of pyridine rings is 1. The molecular weight excluding hydrogens is 266 g/mol. The molecule has 2 aromatic rings. The van der Waals surface area contributed by atoms with Gasteiger partial charge in [0.25, 0.3) is 0 Å². The van der Waals surface area contributed by atoms with Crippen molar-refractivity contribution in [1.29, 1.82) is 0 Å². The highest BCUT2D eigenvalue weighted by Crippen LogP contribution is 2.08. The minimum atomic E-state index is -0.236. The van der Waals surface area contributed by atoms with Crippen LogP contribution in [0, 0.1) is 6.92 Å². The topological polar surface area (TPSA) is 63.2 Å². The molecule has 0 saturated carbocycles. The van der Waals surface area contributed by atoms with Crippen LogP contribution in [0.3, 0.4) is 0 Å². The number of ether oxygens (including phenoxy) is 1. The van der Waals surface area contributed by atoms with E-state index in [1.807, 2.05) is 49.4 Å². The molecule has 2 amide bonds. The zero-order valence-corrected chi connectivity index (χ0v) is 12.0. The monoisotopic (exact) mass is 285 g/mol. The SMILES string of the molecule is Cc1ccc(NC(=O)NCCCOc2ccccc2)cn1. The van der Waals surface area contributed by atoms with Gasteiger partial charge in [-0.25, -0.2) is 4.79 Å². The molecule has 2 N–H and O–H groups in total. The highest BCUT2D eigenvalue weighted by molar-refractivity contribution is 5.88. The number of para-hydroxylation sites is 1. The number of carbonyl (C=O) groups excluding carboxylic acids is 1. The van der Waals surface area contributed by atoms with Crippen molar-refractivity contribution < 1.29 is 9.53 Å². The molecule has 5 nitrogen and oxygen atoms in total. The van der Waals surface area contributed by atoms with Crippen LogP contribution in [0.15, 0.2) is 48.7 Å². The van der Waals surface area contributed by atoms with Gasteiger partial charge in [-0.3, -0.25) is 4.98 Å². The van der Waals surface area contributed by atoms with Crippen molar-refractivity contribution in [2.45, 2.75) is 13.3 Å². The molecule has 1 aromatic heterocycles. The fourth-order valence-electron chi connectivity index (χ4n) is 1.70. The molecule has 0 aliphatic heterocycles. The smallest absolute Gasteiger partial charge is 0.319 e. The summed E-state index contributed by atoms with van der Waals surface area (Å²) in [6.07, 6.45) is 2.38. The maximum atomic E-state index is 11.6. The van der Waals surface area contributed by atoms with Crippen LogP contribution < -0.4 is 15.4 Å². The number of carbonyl (C=O) groups is 1. The lowest BCUT2D eigenvalue weighted by molar-refractivity contribution is 0.250. The van der Waals surface area contributed by atoms with Gasteiger partial charge in [0.05, 0.1) is 18.5 Å². The van der Waals surface area contributed by atoms with Crippen molar-refractivity contribution in [3.05, 3.63) is 54.4 Å². The average Bonchev–Trinajstić information content (AvgIpc) is 2.50. The minimum absolute atomic E-state index is 0.236. The molecular formula is C16H19N3O2. The van der Waals surface area contributed by atoms with Crippen molar-refractivity contribution in [3.8, 4) is 5.75 Å². The van der Waals surface area contributed by atoms with Crippen LogP contribution in [-0.2, 0) is 0 Å². The first-order valence-electron chi connectivity index (χ1n) is 6.89. The molecule has 0 bridgehead atoms. The van der Waals surface area contributed by atoms with Crippen LogP contribution in [0.2, 0.25) is 0 Å². The van der Waals surface area contributed by atoms with Crippen molar-refractivity contribution in [2.24, 2.45) is 0 Å². The van der Waals surface area contributed by atoms with Gasteiger partial charge in [-0.1, -0.05) is 18.2 Å². The Morgan fingerprint density at radius 1 is 1.19 bits per heavy atom.